The molecule has 0 unspecified atom stereocenters. The van der Waals surface area contributed by atoms with Gasteiger partial charge in [-0.1, -0.05) is 11.6 Å². The first-order valence-corrected chi connectivity index (χ1v) is 8.92. The van der Waals surface area contributed by atoms with E-state index in [-0.39, 0.29) is 18.6 Å². The number of methoxy groups -OCH3 is 3. The van der Waals surface area contributed by atoms with E-state index in [0.717, 1.165) is 5.56 Å². The van der Waals surface area contributed by atoms with E-state index >= 15 is 0 Å². The van der Waals surface area contributed by atoms with Crippen molar-refractivity contribution in [3.05, 3.63) is 52.0 Å². The van der Waals surface area contributed by atoms with E-state index < -0.39 is 5.97 Å². The van der Waals surface area contributed by atoms with Crippen molar-refractivity contribution in [2.45, 2.75) is 12.5 Å². The Kier molecular flexibility index (Phi) is 5.94. The molecule has 8 heteroatoms. The Morgan fingerprint density at radius 1 is 1.11 bits per heavy atom. The highest BCUT2D eigenvalue weighted by atomic mass is 35.5. The number of benzene rings is 2. The first kappa shape index (κ1) is 19.8. The number of carbonyl (C=O) groups excluding carboxylic acids is 2. The van der Waals surface area contributed by atoms with Gasteiger partial charge in [-0.3, -0.25) is 4.79 Å². The summed E-state index contributed by atoms with van der Waals surface area (Å²) in [6.07, 6.45) is 0.232. The first-order chi connectivity index (χ1) is 13.5. The molecule has 0 fully saturated rings. The third kappa shape index (κ3) is 3.99. The third-order valence-electron chi connectivity index (χ3n) is 4.41. The summed E-state index contributed by atoms with van der Waals surface area (Å²) >= 11 is 6.22. The quantitative estimate of drug-likeness (QED) is 0.744. The SMILES string of the molecule is COC(=O)c1cc(Cl)c2c(c1)C[C@H](CNC(=O)c1ccc(OC)c(OC)c1)O2. The molecule has 2 aromatic rings. The molecule has 1 aliphatic rings. The van der Waals surface area contributed by atoms with Crippen LogP contribution < -0.4 is 19.5 Å². The second-order valence-electron chi connectivity index (χ2n) is 6.16. The molecule has 0 bridgehead atoms. The predicted octanol–water partition coefficient (Wildman–Crippen LogP) is 2.88. The average Bonchev–Trinajstić information content (AvgIpc) is 3.14. The van der Waals surface area contributed by atoms with Crippen molar-refractivity contribution in [2.24, 2.45) is 0 Å². The fourth-order valence-electron chi connectivity index (χ4n) is 3.02. The second-order valence-corrected chi connectivity index (χ2v) is 6.57. The number of carbonyl (C=O) groups is 2. The van der Waals surface area contributed by atoms with Crippen LogP contribution in [0.1, 0.15) is 26.3 Å². The summed E-state index contributed by atoms with van der Waals surface area (Å²) in [7, 11) is 4.35. The van der Waals surface area contributed by atoms with Crippen molar-refractivity contribution in [3.8, 4) is 17.2 Å². The van der Waals surface area contributed by atoms with Gasteiger partial charge >= 0.3 is 5.97 Å². The van der Waals surface area contributed by atoms with Crippen LogP contribution in [0.25, 0.3) is 0 Å². The second kappa shape index (κ2) is 8.39. The Morgan fingerprint density at radius 3 is 2.54 bits per heavy atom. The van der Waals surface area contributed by atoms with Gasteiger partial charge in [0.25, 0.3) is 5.91 Å². The van der Waals surface area contributed by atoms with Crippen molar-refractivity contribution >= 4 is 23.5 Å². The minimum Gasteiger partial charge on any atom is -0.493 e. The van der Waals surface area contributed by atoms with Gasteiger partial charge < -0.3 is 24.3 Å². The number of halogens is 1. The first-order valence-electron chi connectivity index (χ1n) is 8.54. The highest BCUT2D eigenvalue weighted by molar-refractivity contribution is 6.32. The van der Waals surface area contributed by atoms with E-state index in [1.165, 1.54) is 27.4 Å². The molecule has 0 saturated carbocycles. The Morgan fingerprint density at radius 2 is 1.86 bits per heavy atom. The number of nitrogens with one attached hydrogen (secondary N) is 1. The standard InChI is InChI=1S/C20H20ClNO6/c1-25-16-5-4-11(9-17(16)26-2)19(23)22-10-14-7-12-6-13(20(24)27-3)8-15(21)18(12)28-14/h4-6,8-9,14H,7,10H2,1-3H3,(H,22,23)/t14-/m1/s1. The summed E-state index contributed by atoms with van der Waals surface area (Å²) in [6.45, 7) is 0.283. The minimum atomic E-state index is -0.463. The number of fused-ring (bicyclic) bond motifs is 1. The lowest BCUT2D eigenvalue weighted by atomic mass is 10.1. The zero-order valence-corrected chi connectivity index (χ0v) is 16.5. The van der Waals surface area contributed by atoms with Crippen molar-refractivity contribution in [1.29, 1.82) is 0 Å². The maximum absolute atomic E-state index is 12.4. The zero-order valence-electron chi connectivity index (χ0n) is 15.7. The topological polar surface area (TPSA) is 83.1 Å². The molecule has 0 radical (unpaired) electrons. The fraction of sp³-hybridized carbons (Fsp3) is 0.300. The molecule has 3 rings (SSSR count). The molecule has 0 aromatic heterocycles. The zero-order chi connectivity index (χ0) is 20.3. The van der Waals surface area contributed by atoms with Crippen molar-refractivity contribution in [3.63, 3.8) is 0 Å². The molecule has 7 nitrogen and oxygen atoms in total. The molecular weight excluding hydrogens is 386 g/mol. The molecule has 28 heavy (non-hydrogen) atoms. The van der Waals surface area contributed by atoms with Gasteiger partial charge in [-0.15, -0.1) is 0 Å². The van der Waals surface area contributed by atoms with Crippen molar-refractivity contribution in [2.75, 3.05) is 27.9 Å². The van der Waals surface area contributed by atoms with E-state index in [1.54, 1.807) is 24.3 Å². The van der Waals surface area contributed by atoms with Gasteiger partial charge in [0.15, 0.2) is 11.5 Å². The molecule has 1 atom stereocenters. The van der Waals surface area contributed by atoms with Gasteiger partial charge in [-0.2, -0.15) is 0 Å². The van der Waals surface area contributed by atoms with Crippen molar-refractivity contribution in [1.82, 2.24) is 5.32 Å². The van der Waals surface area contributed by atoms with E-state index in [1.807, 2.05) is 0 Å². The number of ether oxygens (including phenoxy) is 4. The van der Waals surface area contributed by atoms with Crippen LogP contribution in [0.15, 0.2) is 30.3 Å². The molecular formula is C20H20ClNO6. The van der Waals surface area contributed by atoms with Gasteiger partial charge in [0.2, 0.25) is 0 Å². The van der Waals surface area contributed by atoms with Crippen LogP contribution in [-0.2, 0) is 11.2 Å². The lowest BCUT2D eigenvalue weighted by molar-refractivity contribution is 0.0600. The summed E-state index contributed by atoms with van der Waals surface area (Å²) in [5, 5.41) is 3.18. The number of rotatable bonds is 6. The van der Waals surface area contributed by atoms with Gasteiger partial charge in [0.1, 0.15) is 11.9 Å². The smallest absolute Gasteiger partial charge is 0.337 e. The summed E-state index contributed by atoms with van der Waals surface area (Å²) in [5.74, 6) is 0.822. The molecule has 2 aromatic carbocycles. The van der Waals surface area contributed by atoms with Crippen molar-refractivity contribution < 1.29 is 28.5 Å². The van der Waals surface area contributed by atoms with Crippen LogP contribution in [0.3, 0.4) is 0 Å². The van der Waals surface area contributed by atoms with Gasteiger partial charge in [-0.05, 0) is 30.3 Å². The van der Waals surface area contributed by atoms with E-state index in [4.69, 9.17) is 30.5 Å². The van der Waals surface area contributed by atoms with Crippen LogP contribution in [-0.4, -0.2) is 45.9 Å². The van der Waals surface area contributed by atoms with Crippen LogP contribution >= 0.6 is 11.6 Å². The molecule has 1 amide bonds. The largest absolute Gasteiger partial charge is 0.493 e. The molecule has 0 spiro atoms. The Balaban J connectivity index is 1.65. The summed E-state index contributed by atoms with van der Waals surface area (Å²) in [4.78, 5) is 24.2. The molecule has 0 aliphatic carbocycles. The van der Waals surface area contributed by atoms with Crippen LogP contribution in [0.2, 0.25) is 5.02 Å². The monoisotopic (exact) mass is 405 g/mol. The molecule has 1 aliphatic heterocycles. The summed E-state index contributed by atoms with van der Waals surface area (Å²) in [5.41, 5.74) is 1.61. The highest BCUT2D eigenvalue weighted by Crippen LogP contribution is 2.37. The maximum Gasteiger partial charge on any atom is 0.337 e. The lowest BCUT2D eigenvalue weighted by Gasteiger charge is -2.13. The van der Waals surface area contributed by atoms with E-state index in [0.29, 0.717) is 39.8 Å². The summed E-state index contributed by atoms with van der Waals surface area (Å²) in [6, 6.07) is 8.14. The predicted molar refractivity (Wildman–Crippen MR) is 103 cm³/mol. The van der Waals surface area contributed by atoms with Crippen LogP contribution in [0.5, 0.6) is 17.2 Å². The van der Waals surface area contributed by atoms with E-state index in [2.05, 4.69) is 5.32 Å². The third-order valence-corrected chi connectivity index (χ3v) is 4.69. The number of esters is 1. The number of amides is 1. The minimum absolute atomic E-state index is 0.262. The Hall–Kier alpha value is -2.93. The van der Waals surface area contributed by atoms with Gasteiger partial charge in [-0.25, -0.2) is 4.79 Å². The van der Waals surface area contributed by atoms with Gasteiger partial charge in [0, 0.05) is 17.5 Å². The molecule has 0 saturated heterocycles. The molecule has 1 N–H and O–H groups in total. The summed E-state index contributed by atoms with van der Waals surface area (Å²) < 4.78 is 20.9. The molecule has 148 valence electrons. The Bertz CT molecular complexity index is 914. The number of hydrogen-bond donors (Lipinski definition) is 1. The van der Waals surface area contributed by atoms with Crippen LogP contribution in [0, 0.1) is 0 Å². The Labute approximate surface area is 167 Å². The fourth-order valence-corrected chi connectivity index (χ4v) is 3.31. The van der Waals surface area contributed by atoms with E-state index in [9.17, 15) is 9.59 Å². The maximum atomic E-state index is 12.4. The van der Waals surface area contributed by atoms with Gasteiger partial charge in [0.05, 0.1) is 38.5 Å². The normalized spacial score (nSPS) is 14.6. The van der Waals surface area contributed by atoms with Crippen LogP contribution in [0.4, 0.5) is 0 Å². The average molecular weight is 406 g/mol. The molecule has 1 heterocycles. The highest BCUT2D eigenvalue weighted by Gasteiger charge is 2.27. The number of hydrogen-bond acceptors (Lipinski definition) is 6. The lowest BCUT2D eigenvalue weighted by Crippen LogP contribution is -2.34.